The van der Waals surface area contributed by atoms with Crippen LogP contribution < -0.4 is 4.90 Å². The summed E-state index contributed by atoms with van der Waals surface area (Å²) >= 11 is 0. The lowest BCUT2D eigenvalue weighted by atomic mass is 9.97. The van der Waals surface area contributed by atoms with E-state index in [4.69, 9.17) is 4.42 Å². The Balaban J connectivity index is 1.13. The highest BCUT2D eigenvalue weighted by atomic mass is 16.3. The molecule has 0 radical (unpaired) electrons. The summed E-state index contributed by atoms with van der Waals surface area (Å²) in [5.74, 6) is 0.895. The maximum absolute atomic E-state index is 6.45. The molecule has 0 saturated heterocycles. The largest absolute Gasteiger partial charge is 0.456 e. The Kier molecular flexibility index (Phi) is 8.47. The van der Waals surface area contributed by atoms with Gasteiger partial charge in [-0.15, -0.1) is 0 Å². The monoisotopic (exact) mass is 679 g/mol. The molecule has 0 spiro atoms. The first-order valence-electron chi connectivity index (χ1n) is 18.1. The molecule has 2 nitrogen and oxygen atoms in total. The molecule has 0 unspecified atom stereocenters. The summed E-state index contributed by atoms with van der Waals surface area (Å²) in [5.41, 5.74) is 15.8. The molecule has 0 N–H and O–H groups in total. The van der Waals surface area contributed by atoms with Crippen LogP contribution in [0.25, 0.3) is 66.8 Å². The molecule has 8 aromatic carbocycles. The quantitative estimate of drug-likeness (QED) is 0.159. The number of anilines is 3. The molecule has 0 amide bonds. The van der Waals surface area contributed by atoms with Crippen molar-refractivity contribution in [1.29, 1.82) is 0 Å². The number of para-hydroxylation sites is 2. The lowest BCUT2D eigenvalue weighted by molar-refractivity contribution is 0.629. The van der Waals surface area contributed by atoms with Crippen LogP contribution in [-0.4, -0.2) is 0 Å². The molecule has 1 aromatic heterocycles. The van der Waals surface area contributed by atoms with Crippen LogP contribution >= 0.6 is 0 Å². The van der Waals surface area contributed by atoms with E-state index in [1.54, 1.807) is 0 Å². The minimum Gasteiger partial charge on any atom is -0.456 e. The van der Waals surface area contributed by atoms with E-state index in [0.717, 1.165) is 56.0 Å². The third-order valence-electron chi connectivity index (χ3n) is 10.1. The Hall–Kier alpha value is -6.90. The molecule has 2 heteroatoms. The molecule has 53 heavy (non-hydrogen) atoms. The third-order valence-corrected chi connectivity index (χ3v) is 10.1. The number of hydrogen-bond acceptors (Lipinski definition) is 2. The summed E-state index contributed by atoms with van der Waals surface area (Å²) in [7, 11) is 0. The number of hydrogen-bond donors (Lipinski definition) is 0. The molecule has 9 aromatic rings. The van der Waals surface area contributed by atoms with Gasteiger partial charge >= 0.3 is 0 Å². The standard InChI is InChI=1S/C51H37NO/c1-36-47-19-9-11-22-50(47)53-51(36)44-17-12-18-46(35-44)52(45-33-31-42(32-34-45)41-25-23-39(24-26-41)37-13-4-2-5-14-37)49-21-10-8-20-48(49)43-29-27-40(28-30-43)38-15-6-3-7-16-38/h2-35H,1H3. The van der Waals surface area contributed by atoms with E-state index in [9.17, 15) is 0 Å². The van der Waals surface area contributed by atoms with Crippen LogP contribution in [0.4, 0.5) is 17.1 Å². The topological polar surface area (TPSA) is 16.4 Å². The van der Waals surface area contributed by atoms with Gasteiger partial charge in [0.15, 0.2) is 0 Å². The Labute approximate surface area is 310 Å². The first-order chi connectivity index (χ1) is 26.2. The molecule has 0 atom stereocenters. The molecule has 0 aliphatic rings. The highest BCUT2D eigenvalue weighted by Gasteiger charge is 2.20. The molecule has 0 aliphatic heterocycles. The van der Waals surface area contributed by atoms with Gasteiger partial charge in [-0.05, 0) is 82.3 Å². The molecule has 0 fully saturated rings. The van der Waals surface area contributed by atoms with Crippen molar-refractivity contribution in [2.24, 2.45) is 0 Å². The third kappa shape index (κ3) is 6.32. The van der Waals surface area contributed by atoms with E-state index < -0.39 is 0 Å². The number of rotatable bonds is 8. The zero-order valence-corrected chi connectivity index (χ0v) is 29.5. The van der Waals surface area contributed by atoms with E-state index in [1.165, 1.54) is 33.4 Å². The van der Waals surface area contributed by atoms with Crippen LogP contribution in [0.15, 0.2) is 211 Å². The fourth-order valence-electron chi connectivity index (χ4n) is 7.34. The summed E-state index contributed by atoms with van der Waals surface area (Å²) < 4.78 is 6.45. The minimum atomic E-state index is 0.895. The summed E-state index contributed by atoms with van der Waals surface area (Å²) in [6, 6.07) is 73.4. The summed E-state index contributed by atoms with van der Waals surface area (Å²) in [5, 5.41) is 1.14. The fraction of sp³-hybridized carbons (Fsp3) is 0.0196. The van der Waals surface area contributed by atoms with Gasteiger partial charge in [0, 0.05) is 33.5 Å². The van der Waals surface area contributed by atoms with Crippen LogP contribution in [0, 0.1) is 6.92 Å². The predicted octanol–water partition coefficient (Wildman–Crippen LogP) is 14.5. The van der Waals surface area contributed by atoms with Gasteiger partial charge in [-0.3, -0.25) is 0 Å². The second kappa shape index (κ2) is 14.0. The van der Waals surface area contributed by atoms with Gasteiger partial charge in [-0.1, -0.05) is 170 Å². The molecule has 0 bridgehead atoms. The van der Waals surface area contributed by atoms with Crippen LogP contribution in [0.1, 0.15) is 5.56 Å². The van der Waals surface area contributed by atoms with Gasteiger partial charge in [0.2, 0.25) is 0 Å². The van der Waals surface area contributed by atoms with Crippen LogP contribution in [0.5, 0.6) is 0 Å². The van der Waals surface area contributed by atoms with Gasteiger partial charge in [-0.25, -0.2) is 0 Å². The summed E-state index contributed by atoms with van der Waals surface area (Å²) in [6.07, 6.45) is 0. The highest BCUT2D eigenvalue weighted by Crippen LogP contribution is 2.43. The van der Waals surface area contributed by atoms with Gasteiger partial charge < -0.3 is 9.32 Å². The number of fused-ring (bicyclic) bond motifs is 1. The molecular weight excluding hydrogens is 643 g/mol. The lowest BCUT2D eigenvalue weighted by Gasteiger charge is -2.28. The Bertz CT molecular complexity index is 2640. The van der Waals surface area contributed by atoms with Gasteiger partial charge in [0.25, 0.3) is 0 Å². The number of benzene rings is 8. The van der Waals surface area contributed by atoms with E-state index in [1.807, 2.05) is 12.1 Å². The molecular formula is C51H37NO. The second-order valence-electron chi connectivity index (χ2n) is 13.4. The van der Waals surface area contributed by atoms with E-state index in [2.05, 4.69) is 206 Å². The van der Waals surface area contributed by atoms with Crippen molar-refractivity contribution in [3.63, 3.8) is 0 Å². The number of aryl methyl sites for hydroxylation is 1. The normalized spacial score (nSPS) is 11.1. The zero-order valence-electron chi connectivity index (χ0n) is 29.5. The molecule has 1 heterocycles. The Morgan fingerprint density at radius 2 is 0.830 bits per heavy atom. The van der Waals surface area contributed by atoms with Crippen molar-refractivity contribution in [2.45, 2.75) is 6.92 Å². The van der Waals surface area contributed by atoms with Crippen molar-refractivity contribution in [3.05, 3.63) is 212 Å². The van der Waals surface area contributed by atoms with Gasteiger partial charge in [-0.2, -0.15) is 0 Å². The van der Waals surface area contributed by atoms with Gasteiger partial charge in [0.05, 0.1) is 5.69 Å². The molecule has 9 rings (SSSR count). The SMILES string of the molecule is Cc1c(-c2cccc(N(c3ccc(-c4ccc(-c5ccccc5)cc4)cc3)c3ccccc3-c3ccc(-c4ccccc4)cc3)c2)oc2ccccc12. The van der Waals surface area contributed by atoms with Crippen molar-refractivity contribution < 1.29 is 4.42 Å². The zero-order chi connectivity index (χ0) is 35.6. The fourth-order valence-corrected chi connectivity index (χ4v) is 7.34. The highest BCUT2D eigenvalue weighted by molar-refractivity contribution is 5.92. The molecule has 252 valence electrons. The summed E-state index contributed by atoms with van der Waals surface area (Å²) in [6.45, 7) is 2.14. The van der Waals surface area contributed by atoms with E-state index in [-0.39, 0.29) is 0 Å². The Morgan fingerprint density at radius 1 is 0.358 bits per heavy atom. The van der Waals surface area contributed by atoms with Crippen molar-refractivity contribution >= 4 is 28.0 Å². The second-order valence-corrected chi connectivity index (χ2v) is 13.4. The average molecular weight is 680 g/mol. The lowest BCUT2D eigenvalue weighted by Crippen LogP contribution is -2.11. The smallest absolute Gasteiger partial charge is 0.138 e. The van der Waals surface area contributed by atoms with Crippen molar-refractivity contribution in [3.8, 4) is 55.8 Å². The van der Waals surface area contributed by atoms with E-state index >= 15 is 0 Å². The first kappa shape index (κ1) is 32.0. The van der Waals surface area contributed by atoms with E-state index in [0.29, 0.717) is 0 Å². The van der Waals surface area contributed by atoms with Crippen LogP contribution in [0.2, 0.25) is 0 Å². The van der Waals surface area contributed by atoms with Crippen LogP contribution in [-0.2, 0) is 0 Å². The Morgan fingerprint density at radius 3 is 1.43 bits per heavy atom. The van der Waals surface area contributed by atoms with Gasteiger partial charge in [0.1, 0.15) is 11.3 Å². The van der Waals surface area contributed by atoms with Crippen molar-refractivity contribution in [1.82, 2.24) is 0 Å². The summed E-state index contributed by atoms with van der Waals surface area (Å²) in [4.78, 5) is 2.37. The molecule has 0 aliphatic carbocycles. The minimum absolute atomic E-state index is 0.895. The maximum atomic E-state index is 6.45. The number of nitrogens with zero attached hydrogens (tertiary/aromatic N) is 1. The predicted molar refractivity (Wildman–Crippen MR) is 223 cm³/mol. The number of furan rings is 1. The van der Waals surface area contributed by atoms with Crippen molar-refractivity contribution in [2.75, 3.05) is 4.90 Å². The molecule has 0 saturated carbocycles. The maximum Gasteiger partial charge on any atom is 0.138 e. The average Bonchev–Trinajstić information content (AvgIpc) is 3.58. The first-order valence-corrected chi connectivity index (χ1v) is 18.1. The van der Waals surface area contributed by atoms with Crippen LogP contribution in [0.3, 0.4) is 0 Å².